The molecular weight excluding hydrogens is 298 g/mol. The molecule has 126 valence electrons. The van der Waals surface area contributed by atoms with Crippen LogP contribution in [-0.2, 0) is 11.2 Å². The molecule has 3 rings (SSSR count). The van der Waals surface area contributed by atoms with Crippen LogP contribution in [0.4, 0.5) is 11.4 Å². The Hall–Kier alpha value is -2.49. The number of carbonyl (C=O) groups is 1. The van der Waals surface area contributed by atoms with Gasteiger partial charge in [0.05, 0.1) is 6.54 Å². The van der Waals surface area contributed by atoms with Gasteiger partial charge in [0, 0.05) is 37.6 Å². The van der Waals surface area contributed by atoms with Crippen molar-refractivity contribution in [1.29, 1.82) is 0 Å². The molecule has 0 unspecified atom stereocenters. The number of hydrogen-bond acceptors (Lipinski definition) is 3. The molecule has 4 heteroatoms. The first-order valence-electron chi connectivity index (χ1n) is 8.67. The van der Waals surface area contributed by atoms with Crippen molar-refractivity contribution >= 4 is 17.3 Å². The summed E-state index contributed by atoms with van der Waals surface area (Å²) in [5.41, 5.74) is 3.55. The first kappa shape index (κ1) is 16.4. The van der Waals surface area contributed by atoms with Crippen molar-refractivity contribution in [3.05, 3.63) is 60.2 Å². The van der Waals surface area contributed by atoms with Crippen LogP contribution in [0.1, 0.15) is 12.5 Å². The molecule has 0 aliphatic carbocycles. The molecule has 1 aliphatic heterocycles. The van der Waals surface area contributed by atoms with E-state index in [-0.39, 0.29) is 5.91 Å². The molecule has 0 radical (unpaired) electrons. The molecule has 1 amide bonds. The average Bonchev–Trinajstić information content (AvgIpc) is 2.67. The number of piperazine rings is 1. The highest BCUT2D eigenvalue weighted by atomic mass is 16.2. The van der Waals surface area contributed by atoms with Crippen LogP contribution in [0.3, 0.4) is 0 Å². The second-order valence-electron chi connectivity index (χ2n) is 6.07. The van der Waals surface area contributed by atoms with Gasteiger partial charge in [-0.15, -0.1) is 0 Å². The third-order valence-electron chi connectivity index (χ3n) is 4.58. The Balaban J connectivity index is 1.50. The topological polar surface area (TPSA) is 35.6 Å². The van der Waals surface area contributed by atoms with E-state index in [1.807, 2.05) is 29.2 Å². The van der Waals surface area contributed by atoms with Gasteiger partial charge in [0.2, 0.25) is 5.91 Å². The average molecular weight is 323 g/mol. The van der Waals surface area contributed by atoms with Crippen LogP contribution in [0.5, 0.6) is 0 Å². The van der Waals surface area contributed by atoms with E-state index in [0.29, 0.717) is 6.54 Å². The summed E-state index contributed by atoms with van der Waals surface area (Å²) in [7, 11) is 0. The zero-order chi connectivity index (χ0) is 16.8. The van der Waals surface area contributed by atoms with Crippen LogP contribution >= 0.6 is 0 Å². The van der Waals surface area contributed by atoms with Crippen LogP contribution < -0.4 is 10.2 Å². The molecule has 1 saturated heterocycles. The second-order valence-corrected chi connectivity index (χ2v) is 6.07. The summed E-state index contributed by atoms with van der Waals surface area (Å²) in [4.78, 5) is 16.8. The van der Waals surface area contributed by atoms with Gasteiger partial charge in [0.15, 0.2) is 0 Å². The predicted molar refractivity (Wildman–Crippen MR) is 99.5 cm³/mol. The number of nitrogens with one attached hydrogen (secondary N) is 1. The molecule has 0 aromatic heterocycles. The van der Waals surface area contributed by atoms with E-state index in [4.69, 9.17) is 0 Å². The Labute approximate surface area is 144 Å². The number of carbonyl (C=O) groups excluding carboxylic acids is 1. The van der Waals surface area contributed by atoms with Gasteiger partial charge in [-0.2, -0.15) is 0 Å². The van der Waals surface area contributed by atoms with Gasteiger partial charge in [-0.1, -0.05) is 43.3 Å². The van der Waals surface area contributed by atoms with Crippen molar-refractivity contribution in [3.8, 4) is 0 Å². The Bertz CT molecular complexity index is 664. The normalized spacial score (nSPS) is 14.5. The lowest BCUT2D eigenvalue weighted by atomic mass is 10.1. The lowest BCUT2D eigenvalue weighted by Gasteiger charge is -2.36. The Morgan fingerprint density at radius 1 is 0.958 bits per heavy atom. The summed E-state index contributed by atoms with van der Waals surface area (Å²) in [5.74, 6) is 0.175. The van der Waals surface area contributed by atoms with Gasteiger partial charge in [0.25, 0.3) is 0 Å². The molecule has 1 heterocycles. The largest absolute Gasteiger partial charge is 0.376 e. The molecule has 0 spiro atoms. The van der Waals surface area contributed by atoms with Crippen LogP contribution in [-0.4, -0.2) is 43.5 Å². The molecule has 4 nitrogen and oxygen atoms in total. The van der Waals surface area contributed by atoms with Crippen molar-refractivity contribution in [2.75, 3.05) is 42.9 Å². The zero-order valence-corrected chi connectivity index (χ0v) is 14.2. The van der Waals surface area contributed by atoms with Crippen LogP contribution in [0, 0.1) is 0 Å². The fourth-order valence-electron chi connectivity index (χ4n) is 3.14. The maximum absolute atomic E-state index is 12.5. The number of para-hydroxylation sites is 2. The van der Waals surface area contributed by atoms with Crippen molar-refractivity contribution in [2.24, 2.45) is 0 Å². The number of anilines is 2. The summed E-state index contributed by atoms with van der Waals surface area (Å²) in [6.45, 7) is 5.84. The second kappa shape index (κ2) is 7.86. The van der Waals surface area contributed by atoms with Crippen LogP contribution in [0.2, 0.25) is 0 Å². The number of aryl methyl sites for hydroxylation is 1. The van der Waals surface area contributed by atoms with E-state index in [9.17, 15) is 4.79 Å². The lowest BCUT2D eigenvalue weighted by molar-refractivity contribution is -0.129. The number of rotatable bonds is 5. The van der Waals surface area contributed by atoms with Crippen LogP contribution in [0.15, 0.2) is 54.6 Å². The maximum Gasteiger partial charge on any atom is 0.241 e. The minimum Gasteiger partial charge on any atom is -0.376 e. The van der Waals surface area contributed by atoms with E-state index >= 15 is 0 Å². The smallest absolute Gasteiger partial charge is 0.241 e. The monoisotopic (exact) mass is 323 g/mol. The highest BCUT2D eigenvalue weighted by Crippen LogP contribution is 2.17. The molecule has 0 saturated carbocycles. The van der Waals surface area contributed by atoms with E-state index < -0.39 is 0 Å². The lowest BCUT2D eigenvalue weighted by Crippen LogP contribution is -2.50. The number of amides is 1. The van der Waals surface area contributed by atoms with E-state index in [1.165, 1.54) is 11.3 Å². The molecular formula is C20H25N3O. The third kappa shape index (κ3) is 3.88. The first-order chi connectivity index (χ1) is 11.8. The summed E-state index contributed by atoms with van der Waals surface area (Å²) < 4.78 is 0. The van der Waals surface area contributed by atoms with Gasteiger partial charge in [-0.3, -0.25) is 4.79 Å². The molecule has 2 aromatic carbocycles. The van der Waals surface area contributed by atoms with E-state index in [2.05, 4.69) is 47.5 Å². The van der Waals surface area contributed by atoms with Crippen molar-refractivity contribution in [3.63, 3.8) is 0 Å². The maximum atomic E-state index is 12.5. The Morgan fingerprint density at radius 2 is 1.62 bits per heavy atom. The Morgan fingerprint density at radius 3 is 2.33 bits per heavy atom. The highest BCUT2D eigenvalue weighted by molar-refractivity contribution is 5.81. The summed E-state index contributed by atoms with van der Waals surface area (Å²) >= 11 is 0. The van der Waals surface area contributed by atoms with Gasteiger partial charge in [-0.05, 0) is 30.2 Å². The number of benzene rings is 2. The van der Waals surface area contributed by atoms with Crippen molar-refractivity contribution in [2.45, 2.75) is 13.3 Å². The molecule has 1 aliphatic rings. The molecule has 1 fully saturated rings. The minimum absolute atomic E-state index is 0.175. The zero-order valence-electron chi connectivity index (χ0n) is 14.2. The van der Waals surface area contributed by atoms with Crippen molar-refractivity contribution < 1.29 is 4.79 Å². The molecule has 0 bridgehead atoms. The van der Waals surface area contributed by atoms with Gasteiger partial charge in [0.1, 0.15) is 0 Å². The van der Waals surface area contributed by atoms with Gasteiger partial charge < -0.3 is 15.1 Å². The Kier molecular flexibility index (Phi) is 5.36. The highest BCUT2D eigenvalue weighted by Gasteiger charge is 2.21. The SMILES string of the molecule is CCc1ccccc1NCC(=O)N1CCN(c2ccccc2)CC1. The minimum atomic E-state index is 0.175. The third-order valence-corrected chi connectivity index (χ3v) is 4.58. The van der Waals surface area contributed by atoms with Gasteiger partial charge >= 0.3 is 0 Å². The predicted octanol–water partition coefficient (Wildman–Crippen LogP) is 3.01. The van der Waals surface area contributed by atoms with Crippen molar-refractivity contribution in [1.82, 2.24) is 4.90 Å². The summed E-state index contributed by atoms with van der Waals surface area (Å²) in [6.07, 6.45) is 0.965. The number of nitrogens with zero attached hydrogens (tertiary/aromatic N) is 2. The van der Waals surface area contributed by atoms with E-state index in [1.54, 1.807) is 0 Å². The summed E-state index contributed by atoms with van der Waals surface area (Å²) in [6, 6.07) is 18.6. The van der Waals surface area contributed by atoms with E-state index in [0.717, 1.165) is 38.3 Å². The first-order valence-corrected chi connectivity index (χ1v) is 8.67. The molecule has 0 atom stereocenters. The van der Waals surface area contributed by atoms with Gasteiger partial charge in [-0.25, -0.2) is 0 Å². The molecule has 1 N–H and O–H groups in total. The van der Waals surface area contributed by atoms with Crippen LogP contribution in [0.25, 0.3) is 0 Å². The fourth-order valence-corrected chi connectivity index (χ4v) is 3.14. The standard InChI is InChI=1S/C20H25N3O/c1-2-17-8-6-7-11-19(17)21-16-20(24)23-14-12-22(13-15-23)18-9-4-3-5-10-18/h3-11,21H,2,12-16H2,1H3. The fraction of sp³-hybridized carbons (Fsp3) is 0.350. The number of hydrogen-bond donors (Lipinski definition) is 1. The summed E-state index contributed by atoms with van der Waals surface area (Å²) in [5, 5.41) is 3.30. The molecule has 2 aromatic rings. The quantitative estimate of drug-likeness (QED) is 0.919. The molecule has 24 heavy (non-hydrogen) atoms.